The first-order valence-corrected chi connectivity index (χ1v) is 8.81. The van der Waals surface area contributed by atoms with E-state index in [1.807, 2.05) is 0 Å². The third-order valence-corrected chi connectivity index (χ3v) is 5.69. The Morgan fingerprint density at radius 3 is 2.47 bits per heavy atom. The molecule has 0 heterocycles. The molecule has 0 amide bonds. The van der Waals surface area contributed by atoms with Crippen LogP contribution in [0.2, 0.25) is 0 Å². The van der Waals surface area contributed by atoms with E-state index in [0.29, 0.717) is 11.8 Å². The van der Waals surface area contributed by atoms with Crippen LogP contribution in [0, 0.1) is 5.92 Å². The summed E-state index contributed by atoms with van der Waals surface area (Å²) >= 11 is 0. The summed E-state index contributed by atoms with van der Waals surface area (Å²) in [5.41, 5.74) is 0. The van der Waals surface area contributed by atoms with Gasteiger partial charge in [-0.3, -0.25) is 0 Å². The fourth-order valence-corrected chi connectivity index (χ4v) is 3.44. The van der Waals surface area contributed by atoms with Crippen molar-refractivity contribution in [3.8, 4) is 0 Å². The van der Waals surface area contributed by atoms with E-state index in [-0.39, 0.29) is 5.75 Å². The van der Waals surface area contributed by atoms with E-state index in [1.165, 1.54) is 32.1 Å². The molecule has 0 unspecified atom stereocenters. The van der Waals surface area contributed by atoms with E-state index in [0.717, 1.165) is 18.9 Å². The number of rotatable bonds is 7. The minimum atomic E-state index is -2.78. The van der Waals surface area contributed by atoms with Gasteiger partial charge in [0.1, 0.15) is 9.84 Å². The van der Waals surface area contributed by atoms with Crippen molar-refractivity contribution in [3.63, 3.8) is 0 Å². The van der Waals surface area contributed by atoms with Crippen LogP contribution in [-0.2, 0) is 9.84 Å². The molecule has 1 aliphatic carbocycles. The van der Waals surface area contributed by atoms with Crippen LogP contribution in [0.15, 0.2) is 0 Å². The summed E-state index contributed by atoms with van der Waals surface area (Å²) in [6.45, 7) is 4.79. The minimum absolute atomic E-state index is 0.269. The van der Waals surface area contributed by atoms with Gasteiger partial charge < -0.3 is 5.32 Å². The van der Waals surface area contributed by atoms with Gasteiger partial charge >= 0.3 is 0 Å². The zero-order valence-corrected chi connectivity index (χ0v) is 12.1. The Kier molecular flexibility index (Phi) is 6.49. The molecule has 0 spiro atoms. The van der Waals surface area contributed by atoms with Crippen molar-refractivity contribution in [2.75, 3.05) is 18.1 Å². The van der Waals surface area contributed by atoms with Crippen LogP contribution in [0.5, 0.6) is 0 Å². The van der Waals surface area contributed by atoms with Gasteiger partial charge in [-0.05, 0) is 38.6 Å². The highest BCUT2D eigenvalue weighted by Crippen LogP contribution is 2.26. The van der Waals surface area contributed by atoms with E-state index < -0.39 is 9.84 Å². The second-order valence-electron chi connectivity index (χ2n) is 5.23. The Morgan fingerprint density at radius 1 is 1.24 bits per heavy atom. The maximum absolute atomic E-state index is 11.3. The molecular weight excluding hydrogens is 234 g/mol. The van der Waals surface area contributed by atoms with Crippen LogP contribution >= 0.6 is 0 Å². The highest BCUT2D eigenvalue weighted by atomic mass is 32.2. The molecule has 3 nitrogen and oxygen atoms in total. The van der Waals surface area contributed by atoms with Crippen LogP contribution in [0.3, 0.4) is 0 Å². The molecule has 0 saturated heterocycles. The SMILES string of the molecule is CCS(=O)(=O)CCCN[C@H](C)C1CCCCC1. The lowest BCUT2D eigenvalue weighted by Crippen LogP contribution is -2.35. The quantitative estimate of drug-likeness (QED) is 0.716. The maximum Gasteiger partial charge on any atom is 0.150 e. The first-order valence-electron chi connectivity index (χ1n) is 6.99. The second-order valence-corrected chi connectivity index (χ2v) is 7.70. The summed E-state index contributed by atoms with van der Waals surface area (Å²) < 4.78 is 22.6. The first kappa shape index (κ1) is 15.0. The summed E-state index contributed by atoms with van der Waals surface area (Å²) in [7, 11) is -2.78. The third-order valence-electron chi connectivity index (χ3n) is 3.90. The van der Waals surface area contributed by atoms with Crippen molar-refractivity contribution in [1.82, 2.24) is 5.32 Å². The van der Waals surface area contributed by atoms with Gasteiger partial charge in [-0.15, -0.1) is 0 Å². The predicted octanol–water partition coefficient (Wildman–Crippen LogP) is 2.37. The predicted molar refractivity (Wildman–Crippen MR) is 73.0 cm³/mol. The van der Waals surface area contributed by atoms with Crippen LogP contribution in [-0.4, -0.2) is 32.5 Å². The summed E-state index contributed by atoms with van der Waals surface area (Å²) in [6.07, 6.45) is 7.52. The lowest BCUT2D eigenvalue weighted by molar-refractivity contribution is 0.282. The van der Waals surface area contributed by atoms with Crippen molar-refractivity contribution in [2.45, 2.75) is 58.4 Å². The molecule has 1 aliphatic rings. The molecule has 0 aromatic rings. The molecule has 1 atom stereocenters. The van der Waals surface area contributed by atoms with Crippen LogP contribution in [0.4, 0.5) is 0 Å². The minimum Gasteiger partial charge on any atom is -0.314 e. The molecule has 1 saturated carbocycles. The summed E-state index contributed by atoms with van der Waals surface area (Å²) in [5, 5.41) is 3.48. The molecule has 0 aromatic heterocycles. The number of sulfone groups is 1. The largest absolute Gasteiger partial charge is 0.314 e. The number of hydrogen-bond acceptors (Lipinski definition) is 3. The molecule has 1 N–H and O–H groups in total. The molecule has 17 heavy (non-hydrogen) atoms. The average Bonchev–Trinajstić information content (AvgIpc) is 2.35. The van der Waals surface area contributed by atoms with Gasteiger partial charge in [-0.25, -0.2) is 8.42 Å². The Balaban J connectivity index is 2.13. The van der Waals surface area contributed by atoms with Crippen LogP contribution in [0.1, 0.15) is 52.4 Å². The van der Waals surface area contributed by atoms with Crippen molar-refractivity contribution >= 4 is 9.84 Å². The molecule has 1 rings (SSSR count). The fourth-order valence-electron chi connectivity index (χ4n) is 2.57. The topological polar surface area (TPSA) is 46.2 Å². The Morgan fingerprint density at radius 2 is 1.88 bits per heavy atom. The number of hydrogen-bond donors (Lipinski definition) is 1. The molecule has 0 aromatic carbocycles. The van der Waals surface area contributed by atoms with Gasteiger partial charge in [-0.2, -0.15) is 0 Å². The van der Waals surface area contributed by atoms with Crippen molar-refractivity contribution in [1.29, 1.82) is 0 Å². The standard InChI is InChI=1S/C13H27NO2S/c1-3-17(15,16)11-7-10-14-12(2)13-8-5-4-6-9-13/h12-14H,3-11H2,1-2H3/t12-/m1/s1. The monoisotopic (exact) mass is 261 g/mol. The van der Waals surface area contributed by atoms with Crippen molar-refractivity contribution < 1.29 is 8.42 Å². The van der Waals surface area contributed by atoms with Crippen molar-refractivity contribution in [3.05, 3.63) is 0 Å². The van der Waals surface area contributed by atoms with Gasteiger partial charge in [-0.1, -0.05) is 26.2 Å². The van der Waals surface area contributed by atoms with Crippen LogP contribution in [0.25, 0.3) is 0 Å². The Labute approximate surface area is 106 Å². The highest BCUT2D eigenvalue weighted by molar-refractivity contribution is 7.91. The lowest BCUT2D eigenvalue weighted by atomic mass is 9.84. The van der Waals surface area contributed by atoms with Gasteiger partial charge in [0, 0.05) is 11.8 Å². The summed E-state index contributed by atoms with van der Waals surface area (Å²) in [6, 6.07) is 0.541. The number of nitrogens with one attached hydrogen (secondary N) is 1. The second kappa shape index (κ2) is 7.37. The summed E-state index contributed by atoms with van der Waals surface area (Å²) in [4.78, 5) is 0. The third kappa shape index (κ3) is 5.87. The van der Waals surface area contributed by atoms with E-state index >= 15 is 0 Å². The zero-order valence-electron chi connectivity index (χ0n) is 11.2. The molecule has 1 fully saturated rings. The van der Waals surface area contributed by atoms with Gasteiger partial charge in [0.25, 0.3) is 0 Å². The molecule has 0 radical (unpaired) electrons. The smallest absolute Gasteiger partial charge is 0.150 e. The molecule has 0 aliphatic heterocycles. The average molecular weight is 261 g/mol. The van der Waals surface area contributed by atoms with Gasteiger partial charge in [0.15, 0.2) is 0 Å². The van der Waals surface area contributed by atoms with Crippen molar-refractivity contribution in [2.24, 2.45) is 5.92 Å². The Hall–Kier alpha value is -0.0900. The summed E-state index contributed by atoms with van der Waals surface area (Å²) in [5.74, 6) is 1.39. The molecule has 102 valence electrons. The van der Waals surface area contributed by atoms with E-state index in [2.05, 4.69) is 12.2 Å². The van der Waals surface area contributed by atoms with Gasteiger partial charge in [0.2, 0.25) is 0 Å². The molecule has 0 bridgehead atoms. The lowest BCUT2D eigenvalue weighted by Gasteiger charge is -2.28. The Bertz CT molecular complexity index is 295. The zero-order chi connectivity index (χ0) is 12.7. The van der Waals surface area contributed by atoms with E-state index in [9.17, 15) is 8.42 Å². The normalized spacial score (nSPS) is 20.4. The van der Waals surface area contributed by atoms with Gasteiger partial charge in [0.05, 0.1) is 5.75 Å². The molecular formula is C13H27NO2S. The fraction of sp³-hybridized carbons (Fsp3) is 1.00. The van der Waals surface area contributed by atoms with Crippen LogP contribution < -0.4 is 5.32 Å². The maximum atomic E-state index is 11.3. The van der Waals surface area contributed by atoms with E-state index in [1.54, 1.807) is 6.92 Å². The first-order chi connectivity index (χ1) is 8.05. The highest BCUT2D eigenvalue weighted by Gasteiger charge is 2.19. The molecule has 4 heteroatoms. The van der Waals surface area contributed by atoms with E-state index in [4.69, 9.17) is 0 Å².